The molecule has 24 heavy (non-hydrogen) atoms. The predicted octanol–water partition coefficient (Wildman–Crippen LogP) is 5.57. The zero-order valence-electron chi connectivity index (χ0n) is 14.8. The minimum absolute atomic E-state index is 0.104. The number of phenols is 1. The van der Waals surface area contributed by atoms with E-state index in [1.165, 1.54) is 32.1 Å². The number of aromatic nitrogens is 1. The lowest BCUT2D eigenvalue weighted by Gasteiger charge is -2.10. The van der Waals surface area contributed by atoms with Crippen molar-refractivity contribution < 1.29 is 10.3 Å². The SMILES string of the molecule is CCCCCCCCC/C(=N/O)c1ccc2ccc(C)nc2c1O. The van der Waals surface area contributed by atoms with Crippen molar-refractivity contribution in [1.29, 1.82) is 0 Å². The molecule has 0 unspecified atom stereocenters. The van der Waals surface area contributed by atoms with Crippen LogP contribution in [0, 0.1) is 6.92 Å². The van der Waals surface area contributed by atoms with Gasteiger partial charge in [-0.15, -0.1) is 0 Å². The number of fused-ring (bicyclic) bond motifs is 1. The van der Waals surface area contributed by atoms with Crippen LogP contribution in [0.15, 0.2) is 29.4 Å². The van der Waals surface area contributed by atoms with Crippen LogP contribution in [0.25, 0.3) is 10.9 Å². The fourth-order valence-corrected chi connectivity index (χ4v) is 2.99. The summed E-state index contributed by atoms with van der Waals surface area (Å²) < 4.78 is 0. The highest BCUT2D eigenvalue weighted by molar-refractivity contribution is 6.06. The number of aryl methyl sites for hydroxylation is 1. The molecule has 4 nitrogen and oxygen atoms in total. The fourth-order valence-electron chi connectivity index (χ4n) is 2.99. The van der Waals surface area contributed by atoms with Gasteiger partial charge < -0.3 is 10.3 Å². The lowest BCUT2D eigenvalue weighted by molar-refractivity contribution is 0.317. The molecule has 0 bridgehead atoms. The van der Waals surface area contributed by atoms with Crippen LogP contribution < -0.4 is 0 Å². The maximum Gasteiger partial charge on any atom is 0.150 e. The summed E-state index contributed by atoms with van der Waals surface area (Å²) in [4.78, 5) is 4.40. The molecule has 0 radical (unpaired) electrons. The highest BCUT2D eigenvalue weighted by atomic mass is 16.4. The van der Waals surface area contributed by atoms with Crippen LogP contribution in [0.5, 0.6) is 5.75 Å². The van der Waals surface area contributed by atoms with Gasteiger partial charge in [-0.1, -0.05) is 62.7 Å². The summed E-state index contributed by atoms with van der Waals surface area (Å²) in [6, 6.07) is 7.58. The Balaban J connectivity index is 2.00. The standard InChI is InChI=1S/C20H28N2O2/c1-3-4-5-6-7-8-9-10-18(22-24)17-14-13-16-12-11-15(2)21-19(16)20(17)23/h11-14,23-24H,3-10H2,1-2H3/b22-18-. The molecule has 130 valence electrons. The zero-order valence-corrected chi connectivity index (χ0v) is 14.8. The second kappa shape index (κ2) is 9.26. The van der Waals surface area contributed by atoms with Gasteiger partial charge in [-0.2, -0.15) is 0 Å². The summed E-state index contributed by atoms with van der Waals surface area (Å²) >= 11 is 0. The van der Waals surface area contributed by atoms with Gasteiger partial charge in [0.1, 0.15) is 5.52 Å². The Morgan fingerprint density at radius 3 is 2.38 bits per heavy atom. The minimum atomic E-state index is 0.104. The number of rotatable bonds is 9. The number of oxime groups is 1. The number of nitrogens with zero attached hydrogens (tertiary/aromatic N) is 2. The van der Waals surface area contributed by atoms with Crippen molar-refractivity contribution in [3.63, 3.8) is 0 Å². The highest BCUT2D eigenvalue weighted by Gasteiger charge is 2.13. The van der Waals surface area contributed by atoms with Gasteiger partial charge in [-0.25, -0.2) is 4.98 Å². The summed E-state index contributed by atoms with van der Waals surface area (Å²) in [5.74, 6) is 0.104. The summed E-state index contributed by atoms with van der Waals surface area (Å²) in [6.07, 6.45) is 9.09. The molecule has 1 heterocycles. The van der Waals surface area contributed by atoms with Crippen molar-refractivity contribution in [2.24, 2.45) is 5.16 Å². The van der Waals surface area contributed by atoms with Gasteiger partial charge in [-0.05, 0) is 31.9 Å². The normalized spacial score (nSPS) is 12.0. The third kappa shape index (κ3) is 4.70. The Morgan fingerprint density at radius 1 is 1.00 bits per heavy atom. The van der Waals surface area contributed by atoms with Gasteiger partial charge in [0.15, 0.2) is 5.75 Å². The van der Waals surface area contributed by atoms with Gasteiger partial charge in [0.2, 0.25) is 0 Å². The summed E-state index contributed by atoms with van der Waals surface area (Å²) in [5, 5.41) is 24.2. The Kier molecular flexibility index (Phi) is 7.04. The smallest absolute Gasteiger partial charge is 0.150 e. The first-order chi connectivity index (χ1) is 11.7. The van der Waals surface area contributed by atoms with E-state index in [4.69, 9.17) is 0 Å². The largest absolute Gasteiger partial charge is 0.505 e. The molecular formula is C20H28N2O2. The van der Waals surface area contributed by atoms with Crippen molar-refractivity contribution in [2.75, 3.05) is 0 Å². The Hall–Kier alpha value is -2.10. The molecule has 0 amide bonds. The van der Waals surface area contributed by atoms with Crippen LogP contribution in [-0.4, -0.2) is 21.0 Å². The second-order valence-electron chi connectivity index (χ2n) is 6.40. The maximum atomic E-state index is 10.5. The quantitative estimate of drug-likeness (QED) is 0.274. The predicted molar refractivity (Wildman–Crippen MR) is 99.1 cm³/mol. The number of unbranched alkanes of at least 4 members (excludes halogenated alkanes) is 6. The number of benzene rings is 1. The van der Waals surface area contributed by atoms with Gasteiger partial charge in [0, 0.05) is 16.6 Å². The van der Waals surface area contributed by atoms with E-state index in [9.17, 15) is 10.3 Å². The molecule has 4 heteroatoms. The molecule has 0 saturated heterocycles. The average Bonchev–Trinajstić information content (AvgIpc) is 2.59. The molecular weight excluding hydrogens is 300 g/mol. The van der Waals surface area contributed by atoms with Crippen molar-refractivity contribution in [1.82, 2.24) is 4.98 Å². The summed E-state index contributed by atoms with van der Waals surface area (Å²) in [6.45, 7) is 4.11. The van der Waals surface area contributed by atoms with Crippen LogP contribution in [0.1, 0.15) is 69.5 Å². The van der Waals surface area contributed by atoms with E-state index < -0.39 is 0 Å². The van der Waals surface area contributed by atoms with Crippen LogP contribution >= 0.6 is 0 Å². The van der Waals surface area contributed by atoms with Crippen molar-refractivity contribution in [2.45, 2.75) is 65.2 Å². The van der Waals surface area contributed by atoms with Crippen LogP contribution in [0.2, 0.25) is 0 Å². The van der Waals surface area contributed by atoms with E-state index in [-0.39, 0.29) is 5.75 Å². The van der Waals surface area contributed by atoms with Gasteiger partial charge in [0.25, 0.3) is 0 Å². The van der Waals surface area contributed by atoms with E-state index >= 15 is 0 Å². The number of phenolic OH excluding ortho intramolecular Hbond substituents is 1. The first-order valence-corrected chi connectivity index (χ1v) is 8.98. The lowest BCUT2D eigenvalue weighted by atomic mass is 10.00. The van der Waals surface area contributed by atoms with E-state index in [0.717, 1.165) is 23.9 Å². The molecule has 1 aromatic carbocycles. The second-order valence-corrected chi connectivity index (χ2v) is 6.40. The fraction of sp³-hybridized carbons (Fsp3) is 0.500. The molecule has 0 aliphatic carbocycles. The maximum absolute atomic E-state index is 10.5. The summed E-state index contributed by atoms with van der Waals surface area (Å²) in [5.41, 5.74) is 2.53. The number of hydrogen-bond acceptors (Lipinski definition) is 4. The number of aromatic hydroxyl groups is 1. The third-order valence-electron chi connectivity index (χ3n) is 4.42. The molecule has 0 aliphatic heterocycles. The van der Waals surface area contributed by atoms with Gasteiger partial charge in [0.05, 0.1) is 5.71 Å². The van der Waals surface area contributed by atoms with Crippen molar-refractivity contribution in [3.05, 3.63) is 35.5 Å². The van der Waals surface area contributed by atoms with Crippen LogP contribution in [-0.2, 0) is 0 Å². The molecule has 0 atom stereocenters. The third-order valence-corrected chi connectivity index (χ3v) is 4.42. The van der Waals surface area contributed by atoms with Crippen molar-refractivity contribution >= 4 is 16.6 Å². The molecule has 0 fully saturated rings. The molecule has 2 rings (SSSR count). The van der Waals surface area contributed by atoms with Gasteiger partial charge in [-0.3, -0.25) is 0 Å². The Labute approximate surface area is 144 Å². The number of hydrogen-bond donors (Lipinski definition) is 2. The molecule has 0 spiro atoms. The zero-order chi connectivity index (χ0) is 17.4. The first-order valence-electron chi connectivity index (χ1n) is 8.98. The van der Waals surface area contributed by atoms with E-state index in [1.807, 2.05) is 31.2 Å². The molecule has 2 aromatic rings. The highest BCUT2D eigenvalue weighted by Crippen LogP contribution is 2.29. The monoisotopic (exact) mass is 328 g/mol. The number of pyridine rings is 1. The van der Waals surface area contributed by atoms with Crippen LogP contribution in [0.4, 0.5) is 0 Å². The Morgan fingerprint density at radius 2 is 1.67 bits per heavy atom. The van der Waals surface area contributed by atoms with Gasteiger partial charge >= 0.3 is 0 Å². The first kappa shape index (κ1) is 18.2. The van der Waals surface area contributed by atoms with E-state index in [2.05, 4.69) is 17.1 Å². The molecule has 0 aliphatic rings. The molecule has 1 aromatic heterocycles. The van der Waals surface area contributed by atoms with Crippen molar-refractivity contribution in [3.8, 4) is 5.75 Å². The average molecular weight is 328 g/mol. The van der Waals surface area contributed by atoms with E-state index in [0.29, 0.717) is 23.2 Å². The molecule has 0 saturated carbocycles. The lowest BCUT2D eigenvalue weighted by Crippen LogP contribution is -2.02. The summed E-state index contributed by atoms with van der Waals surface area (Å²) in [7, 11) is 0. The Bertz CT molecular complexity index is 695. The topological polar surface area (TPSA) is 65.7 Å². The van der Waals surface area contributed by atoms with Crippen LogP contribution in [0.3, 0.4) is 0 Å². The minimum Gasteiger partial charge on any atom is -0.505 e. The van der Waals surface area contributed by atoms with E-state index in [1.54, 1.807) is 0 Å². The molecule has 2 N–H and O–H groups in total.